The fourth-order valence-corrected chi connectivity index (χ4v) is 4.38. The average molecular weight is 490 g/mol. The molecule has 0 atom stereocenters. The molecule has 0 radical (unpaired) electrons. The van der Waals surface area contributed by atoms with E-state index in [1.54, 1.807) is 41.7 Å². The largest absolute Gasteiger partial charge is 0.390 e. The van der Waals surface area contributed by atoms with Gasteiger partial charge in [0.2, 0.25) is 0 Å². The van der Waals surface area contributed by atoms with E-state index in [0.717, 1.165) is 29.6 Å². The Bertz CT molecular complexity index is 1410. The van der Waals surface area contributed by atoms with Crippen molar-refractivity contribution in [1.29, 1.82) is 5.26 Å². The number of aryl methyl sites for hydroxylation is 1. The molecular formula is C25H28FN9O. The number of nitriles is 1. The fourth-order valence-electron chi connectivity index (χ4n) is 4.38. The smallest absolute Gasteiger partial charge is 0.164 e. The van der Waals surface area contributed by atoms with Gasteiger partial charge < -0.3 is 10.4 Å². The van der Waals surface area contributed by atoms with Gasteiger partial charge in [-0.15, -0.1) is 5.10 Å². The number of anilines is 1. The van der Waals surface area contributed by atoms with Crippen LogP contribution in [0.4, 0.5) is 10.1 Å². The standard InChI is InChI=1S/C25H28FN9O/c1-25(2,36)8-7-20-15-34(33-32-20)22-14-28-23(10-21(22)31-19-5-3-18(26)4-6-19)35-24-17(13-30-35)9-16(11-27)12-29-24/h9-10,12-15,18-19,36H,3-8H2,1-2H3,(H,28,31)/t18-,19-. The molecule has 4 aromatic rings. The van der Waals surface area contributed by atoms with Crippen LogP contribution in [0.3, 0.4) is 0 Å². The van der Waals surface area contributed by atoms with Gasteiger partial charge in [0, 0.05) is 23.7 Å². The van der Waals surface area contributed by atoms with Crippen molar-refractivity contribution in [1.82, 2.24) is 34.7 Å². The molecule has 5 rings (SSSR count). The summed E-state index contributed by atoms with van der Waals surface area (Å²) >= 11 is 0. The minimum absolute atomic E-state index is 0.120. The molecule has 186 valence electrons. The molecular weight excluding hydrogens is 461 g/mol. The third-order valence-electron chi connectivity index (χ3n) is 6.42. The summed E-state index contributed by atoms with van der Waals surface area (Å²) in [6.07, 6.45) is 9.63. The number of hydrogen-bond acceptors (Lipinski definition) is 8. The Morgan fingerprint density at radius 1 is 1.17 bits per heavy atom. The fraction of sp³-hybridized carbons (Fsp3) is 0.440. The molecule has 4 aromatic heterocycles. The second-order valence-electron chi connectivity index (χ2n) is 9.92. The van der Waals surface area contributed by atoms with Crippen molar-refractivity contribution >= 4 is 16.7 Å². The second-order valence-corrected chi connectivity index (χ2v) is 9.92. The van der Waals surface area contributed by atoms with E-state index in [1.165, 1.54) is 6.20 Å². The molecule has 0 aromatic carbocycles. The first kappa shape index (κ1) is 23.8. The monoisotopic (exact) mass is 489 g/mol. The average Bonchev–Trinajstić information content (AvgIpc) is 3.50. The molecule has 0 aliphatic heterocycles. The maximum absolute atomic E-state index is 13.7. The summed E-state index contributed by atoms with van der Waals surface area (Å²) in [5, 5.41) is 36.5. The van der Waals surface area contributed by atoms with Crippen LogP contribution in [0.2, 0.25) is 0 Å². The van der Waals surface area contributed by atoms with Crippen LogP contribution in [0.25, 0.3) is 22.5 Å². The molecule has 10 nitrogen and oxygen atoms in total. The van der Waals surface area contributed by atoms with Crippen molar-refractivity contribution in [2.24, 2.45) is 0 Å². The molecule has 0 unspecified atom stereocenters. The Hall–Kier alpha value is -3.91. The van der Waals surface area contributed by atoms with Gasteiger partial charge >= 0.3 is 0 Å². The third kappa shape index (κ3) is 5.18. The molecule has 1 fully saturated rings. The maximum Gasteiger partial charge on any atom is 0.164 e. The minimum Gasteiger partial charge on any atom is -0.390 e. The van der Waals surface area contributed by atoms with E-state index in [4.69, 9.17) is 5.26 Å². The molecule has 36 heavy (non-hydrogen) atoms. The van der Waals surface area contributed by atoms with Gasteiger partial charge in [-0.1, -0.05) is 5.21 Å². The number of aromatic nitrogens is 7. The maximum atomic E-state index is 13.7. The van der Waals surface area contributed by atoms with Crippen LogP contribution in [0.5, 0.6) is 0 Å². The number of nitrogens with one attached hydrogen (secondary N) is 1. The zero-order chi connectivity index (χ0) is 25.3. The van der Waals surface area contributed by atoms with Crippen molar-refractivity contribution in [2.45, 2.75) is 70.2 Å². The molecule has 11 heteroatoms. The summed E-state index contributed by atoms with van der Waals surface area (Å²) in [5.41, 5.74) is 2.51. The molecule has 0 saturated heterocycles. The SMILES string of the molecule is CC(C)(O)CCc1cn(-c2cnc(-n3ncc4cc(C#N)cnc43)cc2N[C@H]2CC[C@H](F)CC2)nn1. The lowest BCUT2D eigenvalue weighted by Crippen LogP contribution is -2.27. The summed E-state index contributed by atoms with van der Waals surface area (Å²) < 4.78 is 17.0. The van der Waals surface area contributed by atoms with E-state index >= 15 is 0 Å². The van der Waals surface area contributed by atoms with Crippen molar-refractivity contribution < 1.29 is 9.50 Å². The van der Waals surface area contributed by atoms with Gasteiger partial charge in [0.15, 0.2) is 11.5 Å². The zero-order valence-corrected chi connectivity index (χ0v) is 20.3. The Balaban J connectivity index is 1.50. The topological polar surface area (TPSA) is 130 Å². The van der Waals surface area contributed by atoms with Crippen LogP contribution in [-0.4, -0.2) is 57.7 Å². The first-order valence-electron chi connectivity index (χ1n) is 12.1. The number of pyridine rings is 2. The summed E-state index contributed by atoms with van der Waals surface area (Å²) in [5.74, 6) is 0.551. The quantitative estimate of drug-likeness (QED) is 0.402. The highest BCUT2D eigenvalue weighted by atomic mass is 19.1. The Kier molecular flexibility index (Phi) is 6.36. The number of hydrogen-bond donors (Lipinski definition) is 2. The summed E-state index contributed by atoms with van der Waals surface area (Å²) in [6.45, 7) is 3.53. The van der Waals surface area contributed by atoms with E-state index < -0.39 is 11.8 Å². The van der Waals surface area contributed by atoms with Gasteiger partial charge in [0.05, 0.1) is 41.1 Å². The van der Waals surface area contributed by atoms with E-state index in [2.05, 4.69) is 36.8 Å². The zero-order valence-electron chi connectivity index (χ0n) is 20.3. The molecule has 1 aliphatic carbocycles. The number of aliphatic hydroxyl groups is 1. The van der Waals surface area contributed by atoms with Crippen molar-refractivity contribution in [3.05, 3.63) is 48.2 Å². The highest BCUT2D eigenvalue weighted by Crippen LogP contribution is 2.29. The Morgan fingerprint density at radius 2 is 1.97 bits per heavy atom. The van der Waals surface area contributed by atoms with Gasteiger partial charge in [-0.25, -0.2) is 19.0 Å². The van der Waals surface area contributed by atoms with Crippen LogP contribution < -0.4 is 5.32 Å². The number of alkyl halides is 1. The molecule has 0 amide bonds. The van der Waals surface area contributed by atoms with Crippen molar-refractivity contribution in [3.63, 3.8) is 0 Å². The Morgan fingerprint density at radius 3 is 2.72 bits per heavy atom. The highest BCUT2D eigenvalue weighted by molar-refractivity contribution is 5.77. The second kappa shape index (κ2) is 9.62. The molecule has 1 saturated carbocycles. The molecule has 4 heterocycles. The van der Waals surface area contributed by atoms with E-state index in [1.807, 2.05) is 12.3 Å². The number of nitrogens with zero attached hydrogens (tertiary/aromatic N) is 8. The lowest BCUT2D eigenvalue weighted by molar-refractivity contribution is 0.0711. The van der Waals surface area contributed by atoms with Gasteiger partial charge in [-0.05, 0) is 58.4 Å². The molecule has 0 spiro atoms. The summed E-state index contributed by atoms with van der Waals surface area (Å²) in [6, 6.07) is 5.82. The van der Waals surface area contributed by atoms with Crippen LogP contribution >= 0.6 is 0 Å². The van der Waals surface area contributed by atoms with Gasteiger partial charge in [0.25, 0.3) is 0 Å². The van der Waals surface area contributed by atoms with Gasteiger partial charge in [0.1, 0.15) is 17.9 Å². The van der Waals surface area contributed by atoms with Gasteiger partial charge in [-0.2, -0.15) is 15.0 Å². The van der Waals surface area contributed by atoms with Crippen molar-refractivity contribution in [3.8, 4) is 17.6 Å². The van der Waals surface area contributed by atoms with Crippen LogP contribution in [0.15, 0.2) is 36.9 Å². The lowest BCUT2D eigenvalue weighted by Gasteiger charge is -2.27. The first-order valence-corrected chi connectivity index (χ1v) is 12.1. The lowest BCUT2D eigenvalue weighted by atomic mass is 9.94. The van der Waals surface area contributed by atoms with Crippen LogP contribution in [0, 0.1) is 11.3 Å². The summed E-state index contributed by atoms with van der Waals surface area (Å²) in [7, 11) is 0. The normalized spacial score (nSPS) is 18.3. The minimum atomic E-state index is -0.788. The number of fused-ring (bicyclic) bond motifs is 1. The third-order valence-corrected chi connectivity index (χ3v) is 6.42. The van der Waals surface area contributed by atoms with E-state index in [-0.39, 0.29) is 6.04 Å². The predicted molar refractivity (Wildman–Crippen MR) is 132 cm³/mol. The molecule has 1 aliphatic rings. The highest BCUT2D eigenvalue weighted by Gasteiger charge is 2.23. The first-order chi connectivity index (χ1) is 17.3. The molecule has 2 N–H and O–H groups in total. The summed E-state index contributed by atoms with van der Waals surface area (Å²) in [4.78, 5) is 9.01. The van der Waals surface area contributed by atoms with E-state index in [9.17, 15) is 9.50 Å². The van der Waals surface area contributed by atoms with Crippen molar-refractivity contribution in [2.75, 3.05) is 5.32 Å². The van der Waals surface area contributed by atoms with Gasteiger partial charge in [-0.3, -0.25) is 0 Å². The number of rotatable bonds is 7. The number of halogens is 1. The van der Waals surface area contributed by atoms with Crippen LogP contribution in [0.1, 0.15) is 57.2 Å². The molecule has 0 bridgehead atoms. The predicted octanol–water partition coefficient (Wildman–Crippen LogP) is 3.66. The Labute approximate surface area is 207 Å². The van der Waals surface area contributed by atoms with Crippen LogP contribution in [-0.2, 0) is 6.42 Å². The van der Waals surface area contributed by atoms with E-state index in [0.29, 0.717) is 48.4 Å².